The van der Waals surface area contributed by atoms with Gasteiger partial charge in [0.1, 0.15) is 0 Å². The predicted molar refractivity (Wildman–Crippen MR) is 114 cm³/mol. The molecule has 1 N–H and O–H groups in total. The smallest absolute Gasteiger partial charge is 0.226 e. The fraction of sp³-hybridized carbons (Fsp3) is 0.364. The van der Waals surface area contributed by atoms with E-state index in [0.717, 1.165) is 42.9 Å². The number of benzene rings is 2. The van der Waals surface area contributed by atoms with Crippen LogP contribution < -0.4 is 10.2 Å². The van der Waals surface area contributed by atoms with Crippen LogP contribution in [0, 0.1) is 6.92 Å². The van der Waals surface area contributed by atoms with Gasteiger partial charge in [0.15, 0.2) is 0 Å². The van der Waals surface area contributed by atoms with E-state index in [1.54, 1.807) is 6.33 Å². The number of imidazole rings is 1. The Balaban J connectivity index is 1.36. The molecular weight excluding hydrogens is 350 g/mol. The van der Waals surface area contributed by atoms with E-state index in [4.69, 9.17) is 0 Å². The van der Waals surface area contributed by atoms with Gasteiger partial charge >= 0.3 is 0 Å². The first kappa shape index (κ1) is 18.5. The summed E-state index contributed by atoms with van der Waals surface area (Å²) in [5, 5.41) is 3.03. The Hall–Kier alpha value is -2.86. The second kappa shape index (κ2) is 8.02. The van der Waals surface area contributed by atoms with Crippen LogP contribution in [0.15, 0.2) is 48.8 Å². The molecule has 6 heteroatoms. The molecule has 0 spiro atoms. The van der Waals surface area contributed by atoms with Gasteiger partial charge in [0.25, 0.3) is 0 Å². The lowest BCUT2D eigenvalue weighted by Gasteiger charge is -2.35. The number of likely N-dealkylation sites (N-methyl/N-ethyl adjacent to an activating group) is 1. The Morgan fingerprint density at radius 2 is 1.89 bits per heavy atom. The molecule has 3 aromatic rings. The van der Waals surface area contributed by atoms with Gasteiger partial charge in [0, 0.05) is 50.5 Å². The van der Waals surface area contributed by atoms with Crippen LogP contribution >= 0.6 is 0 Å². The lowest BCUT2D eigenvalue weighted by Crippen LogP contribution is -2.44. The minimum absolute atomic E-state index is 0.0181. The molecule has 28 heavy (non-hydrogen) atoms. The minimum Gasteiger partial charge on any atom is -0.369 e. The van der Waals surface area contributed by atoms with Crippen molar-refractivity contribution in [1.29, 1.82) is 0 Å². The largest absolute Gasteiger partial charge is 0.369 e. The van der Waals surface area contributed by atoms with Crippen LogP contribution in [-0.4, -0.2) is 53.6 Å². The summed E-state index contributed by atoms with van der Waals surface area (Å²) in [5.41, 5.74) is 5.33. The number of aromatic nitrogens is 2. The Kier molecular flexibility index (Phi) is 5.30. The average molecular weight is 377 g/mol. The molecule has 1 fully saturated rings. The summed E-state index contributed by atoms with van der Waals surface area (Å²) in [6.07, 6.45) is 2.21. The van der Waals surface area contributed by atoms with Crippen LogP contribution in [-0.2, 0) is 11.3 Å². The van der Waals surface area contributed by atoms with Crippen LogP contribution in [0.4, 0.5) is 11.4 Å². The Morgan fingerprint density at radius 3 is 2.68 bits per heavy atom. The lowest BCUT2D eigenvalue weighted by atomic mass is 10.1. The number of aryl methyl sites for hydroxylation is 2. The summed E-state index contributed by atoms with van der Waals surface area (Å²) in [6.45, 7) is 6.98. The summed E-state index contributed by atoms with van der Waals surface area (Å²) < 4.78 is 2.02. The first-order valence-corrected chi connectivity index (χ1v) is 9.84. The van der Waals surface area contributed by atoms with Gasteiger partial charge in [-0.3, -0.25) is 4.79 Å². The number of anilines is 2. The topological polar surface area (TPSA) is 53.4 Å². The Labute approximate surface area is 165 Å². The third-order valence-corrected chi connectivity index (χ3v) is 5.43. The SMILES string of the molecule is Cc1cc(NC(=O)CCn2cnc3ccccc32)ccc1N1CCN(C)CC1. The standard InChI is InChI=1S/C22H27N5O/c1-17-15-18(7-8-20(17)26-13-11-25(2)12-14-26)24-22(28)9-10-27-16-23-19-5-3-4-6-21(19)27/h3-8,15-16H,9-14H2,1-2H3,(H,24,28). The molecule has 0 saturated carbocycles. The number of rotatable bonds is 5. The number of fused-ring (bicyclic) bond motifs is 1. The third-order valence-electron chi connectivity index (χ3n) is 5.43. The van der Waals surface area contributed by atoms with Gasteiger partial charge in [-0.1, -0.05) is 12.1 Å². The van der Waals surface area contributed by atoms with Crippen LogP contribution in [0.2, 0.25) is 0 Å². The number of carbonyl (C=O) groups is 1. The molecule has 2 aromatic carbocycles. The number of nitrogens with one attached hydrogen (secondary N) is 1. The number of hydrogen-bond donors (Lipinski definition) is 1. The van der Waals surface area contributed by atoms with Gasteiger partial charge in [-0.25, -0.2) is 4.98 Å². The van der Waals surface area contributed by atoms with Crippen molar-refractivity contribution in [2.45, 2.75) is 19.9 Å². The minimum atomic E-state index is 0.0181. The molecule has 1 aliphatic heterocycles. The molecule has 0 radical (unpaired) electrons. The zero-order valence-electron chi connectivity index (χ0n) is 16.6. The van der Waals surface area contributed by atoms with Crippen molar-refractivity contribution in [3.8, 4) is 0 Å². The first-order valence-electron chi connectivity index (χ1n) is 9.84. The number of piperazine rings is 1. The molecule has 1 amide bonds. The fourth-order valence-electron chi connectivity index (χ4n) is 3.77. The van der Waals surface area contributed by atoms with Crippen LogP contribution in [0.1, 0.15) is 12.0 Å². The van der Waals surface area contributed by atoms with Gasteiger partial charge in [-0.2, -0.15) is 0 Å². The van der Waals surface area contributed by atoms with E-state index in [2.05, 4.69) is 46.2 Å². The van der Waals surface area contributed by atoms with E-state index in [9.17, 15) is 4.79 Å². The third kappa shape index (κ3) is 4.02. The summed E-state index contributed by atoms with van der Waals surface area (Å²) in [5.74, 6) is 0.0181. The van der Waals surface area contributed by atoms with Gasteiger partial charge in [-0.05, 0) is 49.9 Å². The van der Waals surface area contributed by atoms with Crippen LogP contribution in [0.3, 0.4) is 0 Å². The molecule has 0 bridgehead atoms. The Bertz CT molecular complexity index is 972. The van der Waals surface area contributed by atoms with E-state index >= 15 is 0 Å². The highest BCUT2D eigenvalue weighted by molar-refractivity contribution is 5.91. The van der Waals surface area contributed by atoms with E-state index in [1.807, 2.05) is 34.9 Å². The van der Waals surface area contributed by atoms with Crippen molar-refractivity contribution in [2.24, 2.45) is 0 Å². The molecule has 1 saturated heterocycles. The average Bonchev–Trinajstić information content (AvgIpc) is 3.11. The number of carbonyl (C=O) groups excluding carboxylic acids is 1. The molecule has 146 valence electrons. The number of nitrogens with zero attached hydrogens (tertiary/aromatic N) is 4. The van der Waals surface area contributed by atoms with Crippen LogP contribution in [0.25, 0.3) is 11.0 Å². The number of amides is 1. The summed E-state index contributed by atoms with van der Waals surface area (Å²) in [4.78, 5) is 21.6. The van der Waals surface area contributed by atoms with Crippen molar-refractivity contribution in [2.75, 3.05) is 43.4 Å². The van der Waals surface area contributed by atoms with Crippen molar-refractivity contribution in [1.82, 2.24) is 14.5 Å². The van der Waals surface area contributed by atoms with Crippen molar-refractivity contribution >= 4 is 28.3 Å². The Morgan fingerprint density at radius 1 is 1.11 bits per heavy atom. The molecule has 6 nitrogen and oxygen atoms in total. The summed E-state index contributed by atoms with van der Waals surface area (Å²) in [7, 11) is 2.16. The van der Waals surface area contributed by atoms with E-state index in [-0.39, 0.29) is 5.91 Å². The molecule has 2 heterocycles. The van der Waals surface area contributed by atoms with E-state index in [0.29, 0.717) is 13.0 Å². The normalized spacial score (nSPS) is 15.1. The fourth-order valence-corrected chi connectivity index (χ4v) is 3.77. The van der Waals surface area contributed by atoms with Crippen molar-refractivity contribution in [3.63, 3.8) is 0 Å². The first-order chi connectivity index (χ1) is 13.6. The van der Waals surface area contributed by atoms with Crippen molar-refractivity contribution in [3.05, 3.63) is 54.4 Å². The van der Waals surface area contributed by atoms with Crippen LogP contribution in [0.5, 0.6) is 0 Å². The number of hydrogen-bond acceptors (Lipinski definition) is 4. The van der Waals surface area contributed by atoms with Gasteiger partial charge < -0.3 is 19.7 Å². The molecule has 0 aliphatic carbocycles. The van der Waals surface area contributed by atoms with Gasteiger partial charge in [-0.15, -0.1) is 0 Å². The molecular formula is C22H27N5O. The maximum absolute atomic E-state index is 12.4. The molecule has 0 unspecified atom stereocenters. The lowest BCUT2D eigenvalue weighted by molar-refractivity contribution is -0.116. The highest BCUT2D eigenvalue weighted by Gasteiger charge is 2.16. The maximum Gasteiger partial charge on any atom is 0.226 e. The summed E-state index contributed by atoms with van der Waals surface area (Å²) in [6, 6.07) is 14.2. The second-order valence-corrected chi connectivity index (χ2v) is 7.52. The van der Waals surface area contributed by atoms with E-state index < -0.39 is 0 Å². The molecule has 1 aliphatic rings. The highest BCUT2D eigenvalue weighted by Crippen LogP contribution is 2.24. The highest BCUT2D eigenvalue weighted by atomic mass is 16.1. The molecule has 1 aromatic heterocycles. The van der Waals surface area contributed by atoms with E-state index in [1.165, 1.54) is 11.3 Å². The van der Waals surface area contributed by atoms with Gasteiger partial charge in [0.05, 0.1) is 17.4 Å². The monoisotopic (exact) mass is 377 g/mol. The molecule has 4 rings (SSSR count). The second-order valence-electron chi connectivity index (χ2n) is 7.52. The number of para-hydroxylation sites is 2. The molecule has 0 atom stereocenters. The van der Waals surface area contributed by atoms with Crippen molar-refractivity contribution < 1.29 is 4.79 Å². The zero-order valence-corrected chi connectivity index (χ0v) is 16.6. The van der Waals surface area contributed by atoms with Gasteiger partial charge in [0.2, 0.25) is 5.91 Å². The quantitative estimate of drug-likeness (QED) is 0.742. The maximum atomic E-state index is 12.4. The summed E-state index contributed by atoms with van der Waals surface area (Å²) >= 11 is 0. The predicted octanol–water partition coefficient (Wildman–Crippen LogP) is 3.13. The zero-order chi connectivity index (χ0) is 19.5.